The van der Waals surface area contributed by atoms with Crippen molar-refractivity contribution in [2.45, 2.75) is 18.8 Å². The van der Waals surface area contributed by atoms with Crippen LogP contribution in [0.3, 0.4) is 0 Å². The van der Waals surface area contributed by atoms with Crippen LogP contribution >= 0.6 is 23.2 Å². The second-order valence-electron chi connectivity index (χ2n) is 5.79. The summed E-state index contributed by atoms with van der Waals surface area (Å²) in [7, 11) is 0. The van der Waals surface area contributed by atoms with Crippen LogP contribution in [0.2, 0.25) is 10.0 Å². The van der Waals surface area contributed by atoms with E-state index in [4.69, 9.17) is 23.2 Å². The van der Waals surface area contributed by atoms with Gasteiger partial charge in [0, 0.05) is 22.9 Å². The average molecular weight is 361 g/mol. The van der Waals surface area contributed by atoms with Gasteiger partial charge in [0.05, 0.1) is 5.02 Å². The van der Waals surface area contributed by atoms with Crippen LogP contribution in [0.5, 0.6) is 0 Å². The van der Waals surface area contributed by atoms with Crippen LogP contribution < -0.4 is 0 Å². The van der Waals surface area contributed by atoms with Crippen LogP contribution in [0, 0.1) is 5.92 Å². The molecular weight excluding hydrogens is 347 g/mol. The maximum Gasteiger partial charge on any atom is 0.182 e. The molecule has 2 atom stereocenters. The van der Waals surface area contributed by atoms with Crippen LogP contribution in [0.25, 0.3) is 0 Å². The highest BCUT2D eigenvalue weighted by atomic mass is 35.5. The summed E-state index contributed by atoms with van der Waals surface area (Å²) in [5.74, 6) is -2.98. The van der Waals surface area contributed by atoms with E-state index in [0.29, 0.717) is 11.4 Å². The third-order valence-electron chi connectivity index (χ3n) is 4.29. The molecule has 24 heavy (non-hydrogen) atoms. The number of benzene rings is 2. The summed E-state index contributed by atoms with van der Waals surface area (Å²) < 4.78 is 0. The molecule has 0 saturated heterocycles. The monoisotopic (exact) mass is 360 g/mol. The fourth-order valence-electron chi connectivity index (χ4n) is 3.07. The lowest BCUT2D eigenvalue weighted by molar-refractivity contribution is -0.134. The van der Waals surface area contributed by atoms with Crippen molar-refractivity contribution in [1.29, 1.82) is 0 Å². The Kier molecular flexibility index (Phi) is 4.83. The standard InChI is InChI=1S/C19H14Cl2O3/c20-12-6-7-14(15(21)10-12)19(24)17-16(22)9-8-13(18(17)23)11-4-2-1-3-5-11/h1-7,10,13,17H,8-9H2/t13-,17-/m1/s1. The molecule has 0 spiro atoms. The van der Waals surface area contributed by atoms with Crippen molar-refractivity contribution in [1.82, 2.24) is 0 Å². The van der Waals surface area contributed by atoms with E-state index >= 15 is 0 Å². The Hall–Kier alpha value is -1.97. The van der Waals surface area contributed by atoms with Crippen molar-refractivity contribution in [2.75, 3.05) is 0 Å². The first-order valence-corrected chi connectivity index (χ1v) is 8.35. The van der Waals surface area contributed by atoms with Crippen molar-refractivity contribution in [2.24, 2.45) is 5.92 Å². The van der Waals surface area contributed by atoms with Crippen molar-refractivity contribution >= 4 is 40.6 Å². The quantitative estimate of drug-likeness (QED) is 0.597. The number of carbonyl (C=O) groups excluding carboxylic acids is 3. The predicted octanol–water partition coefficient (Wildman–Crippen LogP) is 4.51. The van der Waals surface area contributed by atoms with Crippen molar-refractivity contribution in [3.05, 3.63) is 69.7 Å². The highest BCUT2D eigenvalue weighted by molar-refractivity contribution is 6.38. The van der Waals surface area contributed by atoms with Crippen molar-refractivity contribution in [3.8, 4) is 0 Å². The molecule has 0 radical (unpaired) electrons. The molecule has 0 aliphatic heterocycles. The van der Waals surface area contributed by atoms with Crippen LogP contribution in [0.15, 0.2) is 48.5 Å². The topological polar surface area (TPSA) is 51.2 Å². The zero-order valence-electron chi connectivity index (χ0n) is 12.7. The molecular formula is C19H14Cl2O3. The first kappa shape index (κ1) is 16.9. The van der Waals surface area contributed by atoms with Gasteiger partial charge in [-0.15, -0.1) is 0 Å². The van der Waals surface area contributed by atoms with E-state index in [1.54, 1.807) is 0 Å². The zero-order chi connectivity index (χ0) is 17.3. The average Bonchev–Trinajstić information content (AvgIpc) is 2.55. The fraction of sp³-hybridized carbons (Fsp3) is 0.211. The molecule has 0 heterocycles. The molecule has 2 aromatic rings. The number of hydrogen-bond donors (Lipinski definition) is 0. The van der Waals surface area contributed by atoms with Crippen molar-refractivity contribution in [3.63, 3.8) is 0 Å². The largest absolute Gasteiger partial charge is 0.298 e. The number of ketones is 3. The molecule has 0 aromatic heterocycles. The molecule has 1 aliphatic rings. The SMILES string of the molecule is O=C1CC[C@H](c2ccccc2)C(=O)[C@@H]1C(=O)c1ccc(Cl)cc1Cl. The Morgan fingerprint density at radius 1 is 1.00 bits per heavy atom. The highest BCUT2D eigenvalue weighted by Crippen LogP contribution is 2.34. The molecule has 122 valence electrons. The van der Waals surface area contributed by atoms with E-state index in [2.05, 4.69) is 0 Å². The molecule has 3 rings (SSSR count). The number of Topliss-reactive ketones (excluding diaryl/α,β-unsaturated/α-hetero) is 3. The second-order valence-corrected chi connectivity index (χ2v) is 6.64. The van der Waals surface area contributed by atoms with E-state index in [0.717, 1.165) is 5.56 Å². The summed E-state index contributed by atoms with van der Waals surface area (Å²) in [5, 5.41) is 0.537. The molecule has 0 unspecified atom stereocenters. The lowest BCUT2D eigenvalue weighted by Crippen LogP contribution is -2.39. The van der Waals surface area contributed by atoms with E-state index < -0.39 is 17.6 Å². The van der Waals surface area contributed by atoms with Gasteiger partial charge in [0.15, 0.2) is 17.3 Å². The molecule has 5 heteroatoms. The van der Waals surface area contributed by atoms with Gasteiger partial charge in [0.25, 0.3) is 0 Å². The summed E-state index contributed by atoms with van der Waals surface area (Å²) in [6, 6.07) is 13.6. The summed E-state index contributed by atoms with van der Waals surface area (Å²) >= 11 is 11.9. The highest BCUT2D eigenvalue weighted by Gasteiger charge is 2.42. The minimum atomic E-state index is -1.29. The van der Waals surface area contributed by atoms with Gasteiger partial charge in [-0.2, -0.15) is 0 Å². The summed E-state index contributed by atoms with van der Waals surface area (Å²) in [6.45, 7) is 0. The van der Waals surface area contributed by atoms with Gasteiger partial charge >= 0.3 is 0 Å². The van der Waals surface area contributed by atoms with Crippen molar-refractivity contribution < 1.29 is 14.4 Å². The van der Waals surface area contributed by atoms with Gasteiger partial charge in [-0.3, -0.25) is 14.4 Å². The lowest BCUT2D eigenvalue weighted by atomic mass is 9.73. The van der Waals surface area contributed by atoms with Gasteiger partial charge in [-0.25, -0.2) is 0 Å². The Balaban J connectivity index is 1.94. The summed E-state index contributed by atoms with van der Waals surface area (Å²) in [4.78, 5) is 37.8. The molecule has 3 nitrogen and oxygen atoms in total. The Bertz CT molecular complexity index is 815. The van der Waals surface area contributed by atoms with E-state index in [1.807, 2.05) is 30.3 Å². The molecule has 0 amide bonds. The molecule has 1 saturated carbocycles. The predicted molar refractivity (Wildman–Crippen MR) is 92.7 cm³/mol. The van der Waals surface area contributed by atoms with E-state index in [9.17, 15) is 14.4 Å². The van der Waals surface area contributed by atoms with Gasteiger partial charge in [0.1, 0.15) is 5.92 Å². The Morgan fingerprint density at radius 3 is 2.38 bits per heavy atom. The molecule has 0 N–H and O–H groups in total. The molecule has 1 fully saturated rings. The normalized spacial score (nSPS) is 20.9. The third-order valence-corrected chi connectivity index (χ3v) is 4.84. The number of rotatable bonds is 3. The molecule has 2 aromatic carbocycles. The zero-order valence-corrected chi connectivity index (χ0v) is 14.2. The van der Waals surface area contributed by atoms with Crippen LogP contribution in [-0.2, 0) is 9.59 Å². The molecule has 1 aliphatic carbocycles. The maximum atomic E-state index is 12.8. The van der Waals surface area contributed by atoms with Crippen LogP contribution in [0.1, 0.15) is 34.7 Å². The smallest absolute Gasteiger partial charge is 0.182 e. The summed E-state index contributed by atoms with van der Waals surface area (Å²) in [5.41, 5.74) is 0.983. The van der Waals surface area contributed by atoms with Gasteiger partial charge in [-0.05, 0) is 30.2 Å². The third kappa shape index (κ3) is 3.14. The van der Waals surface area contributed by atoms with Gasteiger partial charge in [-0.1, -0.05) is 53.5 Å². The minimum absolute atomic E-state index is 0.148. The van der Waals surface area contributed by atoms with E-state index in [1.165, 1.54) is 18.2 Å². The summed E-state index contributed by atoms with van der Waals surface area (Å²) in [6.07, 6.45) is 0.632. The first-order valence-electron chi connectivity index (χ1n) is 7.59. The van der Waals surface area contributed by atoms with Crippen LogP contribution in [-0.4, -0.2) is 17.3 Å². The maximum absolute atomic E-state index is 12.8. The van der Waals surface area contributed by atoms with Gasteiger partial charge < -0.3 is 0 Å². The van der Waals surface area contributed by atoms with Crippen LogP contribution in [0.4, 0.5) is 0 Å². The minimum Gasteiger partial charge on any atom is -0.298 e. The number of hydrogen-bond acceptors (Lipinski definition) is 3. The second kappa shape index (κ2) is 6.88. The fourth-order valence-corrected chi connectivity index (χ4v) is 3.57. The molecule has 0 bridgehead atoms. The lowest BCUT2D eigenvalue weighted by Gasteiger charge is -2.26. The Morgan fingerprint density at radius 2 is 1.71 bits per heavy atom. The Labute approximate surface area is 149 Å². The van der Waals surface area contributed by atoms with E-state index in [-0.39, 0.29) is 28.6 Å². The number of carbonyl (C=O) groups is 3. The number of halogens is 2. The van der Waals surface area contributed by atoms with Gasteiger partial charge in [0.2, 0.25) is 0 Å². The first-order chi connectivity index (χ1) is 11.5.